The summed E-state index contributed by atoms with van der Waals surface area (Å²) in [6.07, 6.45) is 0.821. The molecule has 0 aliphatic heterocycles. The van der Waals surface area contributed by atoms with Crippen LogP contribution in [0.3, 0.4) is 0 Å². The lowest BCUT2D eigenvalue weighted by atomic mass is 10.1. The van der Waals surface area contributed by atoms with Crippen molar-refractivity contribution in [1.29, 1.82) is 0 Å². The van der Waals surface area contributed by atoms with E-state index in [0.717, 1.165) is 12.5 Å². The van der Waals surface area contributed by atoms with Gasteiger partial charge in [-0.05, 0) is 24.5 Å². The molecule has 1 aromatic rings. The van der Waals surface area contributed by atoms with E-state index >= 15 is 0 Å². The highest BCUT2D eigenvalue weighted by Gasteiger charge is 2.17. The van der Waals surface area contributed by atoms with Gasteiger partial charge in [-0.1, -0.05) is 13.8 Å². The predicted octanol–water partition coefficient (Wildman–Crippen LogP) is 3.12. The normalized spacial score (nSPS) is 10.6. The van der Waals surface area contributed by atoms with Crippen LogP contribution in [0.25, 0.3) is 0 Å². The smallest absolute Gasteiger partial charge is 0.338 e. The SMILES string of the molecule is CC(C)CCNc1ccc(C(=O)O)c(F)c1F. The topological polar surface area (TPSA) is 49.3 Å². The molecule has 0 aliphatic carbocycles. The maximum absolute atomic E-state index is 13.4. The van der Waals surface area contributed by atoms with Crippen molar-refractivity contribution in [1.82, 2.24) is 0 Å². The van der Waals surface area contributed by atoms with Gasteiger partial charge < -0.3 is 10.4 Å². The molecule has 5 heteroatoms. The number of hydrogen-bond acceptors (Lipinski definition) is 2. The largest absolute Gasteiger partial charge is 0.478 e. The lowest BCUT2D eigenvalue weighted by molar-refractivity contribution is 0.0690. The van der Waals surface area contributed by atoms with Crippen LogP contribution in [0.5, 0.6) is 0 Å². The standard InChI is InChI=1S/C12H15F2NO2/c1-7(2)5-6-15-9-4-3-8(12(16)17)10(13)11(9)14/h3-4,7,15H,5-6H2,1-2H3,(H,16,17). The van der Waals surface area contributed by atoms with E-state index in [-0.39, 0.29) is 5.69 Å². The predicted molar refractivity (Wildman–Crippen MR) is 61.3 cm³/mol. The van der Waals surface area contributed by atoms with E-state index in [4.69, 9.17) is 5.11 Å². The van der Waals surface area contributed by atoms with Crippen molar-refractivity contribution in [3.63, 3.8) is 0 Å². The fourth-order valence-corrected chi connectivity index (χ4v) is 1.35. The molecule has 0 heterocycles. The minimum atomic E-state index is -1.48. The Morgan fingerprint density at radius 2 is 2.00 bits per heavy atom. The Bertz CT molecular complexity index is 419. The summed E-state index contributed by atoms with van der Waals surface area (Å²) in [7, 11) is 0. The number of rotatable bonds is 5. The fraction of sp³-hybridized carbons (Fsp3) is 0.417. The molecule has 0 spiro atoms. The third-order valence-electron chi connectivity index (χ3n) is 2.35. The van der Waals surface area contributed by atoms with Gasteiger partial charge in [0, 0.05) is 6.54 Å². The maximum Gasteiger partial charge on any atom is 0.338 e. The molecule has 0 aromatic heterocycles. The van der Waals surface area contributed by atoms with Crippen molar-refractivity contribution in [2.24, 2.45) is 5.92 Å². The minimum Gasteiger partial charge on any atom is -0.478 e. The van der Waals surface area contributed by atoms with Gasteiger partial charge in [0.15, 0.2) is 11.6 Å². The second-order valence-corrected chi connectivity index (χ2v) is 4.20. The molecule has 0 unspecified atom stereocenters. The van der Waals surface area contributed by atoms with Crippen molar-refractivity contribution in [2.75, 3.05) is 11.9 Å². The number of carboxylic acids is 1. The van der Waals surface area contributed by atoms with Gasteiger partial charge in [-0.3, -0.25) is 0 Å². The summed E-state index contributed by atoms with van der Waals surface area (Å²) in [4.78, 5) is 10.6. The zero-order valence-electron chi connectivity index (χ0n) is 9.76. The Hall–Kier alpha value is -1.65. The van der Waals surface area contributed by atoms with Crippen LogP contribution < -0.4 is 5.32 Å². The Balaban J connectivity index is 2.82. The van der Waals surface area contributed by atoms with E-state index in [1.165, 1.54) is 6.07 Å². The highest BCUT2D eigenvalue weighted by molar-refractivity contribution is 5.88. The zero-order chi connectivity index (χ0) is 13.0. The monoisotopic (exact) mass is 243 g/mol. The number of benzene rings is 1. The third kappa shape index (κ3) is 3.41. The summed E-state index contributed by atoms with van der Waals surface area (Å²) in [6.45, 7) is 4.55. The first-order chi connectivity index (χ1) is 7.93. The van der Waals surface area contributed by atoms with E-state index < -0.39 is 23.2 Å². The first kappa shape index (κ1) is 13.4. The molecule has 0 fully saturated rings. The number of hydrogen-bond donors (Lipinski definition) is 2. The van der Waals surface area contributed by atoms with Crippen molar-refractivity contribution in [2.45, 2.75) is 20.3 Å². The molecular weight excluding hydrogens is 228 g/mol. The second kappa shape index (κ2) is 5.61. The molecule has 2 N–H and O–H groups in total. The number of nitrogens with one attached hydrogen (secondary N) is 1. The molecule has 1 aromatic carbocycles. The molecule has 0 bridgehead atoms. The van der Waals surface area contributed by atoms with Gasteiger partial charge >= 0.3 is 5.97 Å². The summed E-state index contributed by atoms with van der Waals surface area (Å²) < 4.78 is 26.7. The maximum atomic E-state index is 13.4. The number of carboxylic acid groups (broad SMARTS) is 1. The van der Waals surface area contributed by atoms with Gasteiger partial charge in [0.05, 0.1) is 11.3 Å². The molecule has 0 radical (unpaired) electrons. The molecule has 0 aliphatic rings. The van der Waals surface area contributed by atoms with Crippen LogP contribution in [-0.4, -0.2) is 17.6 Å². The summed E-state index contributed by atoms with van der Waals surface area (Å²) in [5.41, 5.74) is -0.662. The van der Waals surface area contributed by atoms with Crippen molar-refractivity contribution in [3.8, 4) is 0 Å². The van der Waals surface area contributed by atoms with Crippen molar-refractivity contribution in [3.05, 3.63) is 29.3 Å². The molecule has 3 nitrogen and oxygen atoms in total. The molecule has 0 saturated carbocycles. The first-order valence-corrected chi connectivity index (χ1v) is 5.38. The van der Waals surface area contributed by atoms with E-state index in [1.54, 1.807) is 0 Å². The fourth-order valence-electron chi connectivity index (χ4n) is 1.35. The minimum absolute atomic E-state index is 0.00634. The van der Waals surface area contributed by atoms with Gasteiger partial charge in [-0.15, -0.1) is 0 Å². The van der Waals surface area contributed by atoms with Crippen LogP contribution in [0.4, 0.5) is 14.5 Å². The van der Waals surface area contributed by atoms with Crippen molar-refractivity contribution < 1.29 is 18.7 Å². The van der Waals surface area contributed by atoms with Crippen LogP contribution in [0.15, 0.2) is 12.1 Å². The van der Waals surface area contributed by atoms with E-state index in [1.807, 2.05) is 13.8 Å². The van der Waals surface area contributed by atoms with E-state index in [2.05, 4.69) is 5.32 Å². The highest BCUT2D eigenvalue weighted by atomic mass is 19.2. The molecule has 0 atom stereocenters. The van der Waals surface area contributed by atoms with Crippen LogP contribution in [0.1, 0.15) is 30.6 Å². The molecule has 94 valence electrons. The van der Waals surface area contributed by atoms with Crippen LogP contribution in [-0.2, 0) is 0 Å². The Morgan fingerprint density at radius 1 is 1.35 bits per heavy atom. The average Bonchev–Trinajstić information content (AvgIpc) is 2.23. The zero-order valence-corrected chi connectivity index (χ0v) is 9.76. The van der Waals surface area contributed by atoms with E-state index in [0.29, 0.717) is 12.5 Å². The Labute approximate surface area is 98.5 Å². The van der Waals surface area contributed by atoms with Crippen LogP contribution in [0, 0.1) is 17.6 Å². The van der Waals surface area contributed by atoms with Crippen LogP contribution >= 0.6 is 0 Å². The first-order valence-electron chi connectivity index (χ1n) is 5.38. The number of carbonyl (C=O) groups is 1. The summed E-state index contributed by atoms with van der Waals surface area (Å²) in [5.74, 6) is -3.50. The lowest BCUT2D eigenvalue weighted by Gasteiger charge is -2.10. The molecule has 0 amide bonds. The van der Waals surface area contributed by atoms with Crippen molar-refractivity contribution >= 4 is 11.7 Å². The second-order valence-electron chi connectivity index (χ2n) is 4.20. The molecule has 0 saturated heterocycles. The molecule has 1 rings (SSSR count). The van der Waals surface area contributed by atoms with Gasteiger partial charge in [0.1, 0.15) is 0 Å². The molecule has 17 heavy (non-hydrogen) atoms. The van der Waals surface area contributed by atoms with Gasteiger partial charge in [-0.2, -0.15) is 0 Å². The number of anilines is 1. The number of aromatic carboxylic acids is 1. The quantitative estimate of drug-likeness (QED) is 0.835. The summed E-state index contributed by atoms with van der Waals surface area (Å²) in [6, 6.07) is 2.29. The third-order valence-corrected chi connectivity index (χ3v) is 2.35. The highest BCUT2D eigenvalue weighted by Crippen LogP contribution is 2.20. The van der Waals surface area contributed by atoms with Gasteiger partial charge in [0.2, 0.25) is 0 Å². The van der Waals surface area contributed by atoms with Crippen LogP contribution in [0.2, 0.25) is 0 Å². The molecular formula is C12H15F2NO2. The Morgan fingerprint density at radius 3 is 2.53 bits per heavy atom. The lowest BCUT2D eigenvalue weighted by Crippen LogP contribution is -2.09. The summed E-state index contributed by atoms with van der Waals surface area (Å²) >= 11 is 0. The van der Waals surface area contributed by atoms with Gasteiger partial charge in [0.25, 0.3) is 0 Å². The summed E-state index contributed by atoms with van der Waals surface area (Å²) in [5, 5.41) is 11.3. The average molecular weight is 243 g/mol. The van der Waals surface area contributed by atoms with Gasteiger partial charge in [-0.25, -0.2) is 13.6 Å². The van der Waals surface area contributed by atoms with E-state index in [9.17, 15) is 13.6 Å². The number of halogens is 2. The Kier molecular flexibility index (Phi) is 4.43.